The van der Waals surface area contributed by atoms with Crippen molar-refractivity contribution >= 4 is 28.9 Å². The fourth-order valence-corrected chi connectivity index (χ4v) is 4.82. The first kappa shape index (κ1) is 21.2. The Kier molecular flexibility index (Phi) is 5.17. The van der Waals surface area contributed by atoms with Crippen LogP contribution in [0.5, 0.6) is 0 Å². The number of benzene rings is 3. The van der Waals surface area contributed by atoms with Crippen molar-refractivity contribution in [1.29, 1.82) is 0 Å². The van der Waals surface area contributed by atoms with E-state index >= 15 is 0 Å². The van der Waals surface area contributed by atoms with Crippen molar-refractivity contribution in [3.8, 4) is 0 Å². The van der Waals surface area contributed by atoms with Gasteiger partial charge in [-0.1, -0.05) is 48.0 Å². The third kappa shape index (κ3) is 3.47. The first-order valence-electron chi connectivity index (χ1n) is 11.1. The molecule has 3 aromatic rings. The lowest BCUT2D eigenvalue weighted by Gasteiger charge is -2.29. The molecule has 3 aromatic carbocycles. The van der Waals surface area contributed by atoms with E-state index in [4.69, 9.17) is 4.84 Å². The fourth-order valence-electron chi connectivity index (χ4n) is 4.82. The van der Waals surface area contributed by atoms with Crippen LogP contribution in [0.25, 0.3) is 0 Å². The largest absolute Gasteiger partial charge is 0.378 e. The number of nitrogens with zero attached hydrogens (tertiary/aromatic N) is 3. The van der Waals surface area contributed by atoms with Crippen molar-refractivity contribution in [3.63, 3.8) is 0 Å². The summed E-state index contributed by atoms with van der Waals surface area (Å²) in [5, 5.41) is 1.73. The van der Waals surface area contributed by atoms with Crippen LogP contribution in [-0.2, 0) is 14.4 Å². The summed E-state index contributed by atoms with van der Waals surface area (Å²) < 4.78 is 0. The predicted molar refractivity (Wildman–Crippen MR) is 129 cm³/mol. The highest BCUT2D eigenvalue weighted by molar-refractivity contribution is 6.24. The molecule has 0 N–H and O–H groups in total. The van der Waals surface area contributed by atoms with Crippen molar-refractivity contribution in [2.45, 2.75) is 26.0 Å². The SMILES string of the molecule is Cc1ccc(N2C(=O)[C@H]3[C@@H](c4ccc(N(C)C)cc4)N(c4ccccc4)O[C@H]3C2=O)c(C)c1. The third-order valence-electron chi connectivity index (χ3n) is 6.47. The van der Waals surface area contributed by atoms with Gasteiger partial charge < -0.3 is 4.90 Å². The van der Waals surface area contributed by atoms with Crippen LogP contribution in [0, 0.1) is 19.8 Å². The molecule has 2 amide bonds. The van der Waals surface area contributed by atoms with Crippen molar-refractivity contribution in [2.75, 3.05) is 29.0 Å². The number of para-hydroxylation sites is 1. The molecule has 0 saturated carbocycles. The van der Waals surface area contributed by atoms with Crippen LogP contribution in [-0.4, -0.2) is 32.0 Å². The van der Waals surface area contributed by atoms with Crippen molar-refractivity contribution in [2.24, 2.45) is 5.92 Å². The maximum atomic E-state index is 13.8. The lowest BCUT2D eigenvalue weighted by Crippen LogP contribution is -2.37. The second kappa shape index (κ2) is 8.05. The molecule has 0 unspecified atom stereocenters. The van der Waals surface area contributed by atoms with Gasteiger partial charge in [-0.15, -0.1) is 0 Å². The Hall–Kier alpha value is -3.64. The standard InChI is InChI=1S/C27H27N3O3/c1-17-10-15-22(18(2)16-17)29-26(31)23-24(19-11-13-20(14-12-19)28(3)4)30(33-25(23)27(29)32)21-8-6-5-7-9-21/h5-16,23-25H,1-4H3/t23-,24+,25+/m0/s1. The summed E-state index contributed by atoms with van der Waals surface area (Å²) >= 11 is 0. The molecule has 6 heteroatoms. The van der Waals surface area contributed by atoms with E-state index < -0.39 is 18.1 Å². The summed E-state index contributed by atoms with van der Waals surface area (Å²) in [7, 11) is 3.97. The lowest BCUT2D eigenvalue weighted by molar-refractivity contribution is -0.126. The smallest absolute Gasteiger partial charge is 0.266 e. The molecule has 2 saturated heterocycles. The number of rotatable bonds is 4. The first-order valence-corrected chi connectivity index (χ1v) is 11.1. The zero-order chi connectivity index (χ0) is 23.3. The summed E-state index contributed by atoms with van der Waals surface area (Å²) in [6.45, 7) is 3.92. The summed E-state index contributed by atoms with van der Waals surface area (Å²) in [6.07, 6.45) is -0.864. The average Bonchev–Trinajstić information content (AvgIpc) is 3.31. The van der Waals surface area contributed by atoms with Crippen LogP contribution in [0.2, 0.25) is 0 Å². The van der Waals surface area contributed by atoms with E-state index in [1.807, 2.05) is 106 Å². The van der Waals surface area contributed by atoms with E-state index in [9.17, 15) is 9.59 Å². The zero-order valence-electron chi connectivity index (χ0n) is 19.2. The molecule has 3 atom stereocenters. The normalized spacial score (nSPS) is 22.1. The summed E-state index contributed by atoms with van der Waals surface area (Å²) in [4.78, 5) is 36.8. The van der Waals surface area contributed by atoms with Gasteiger partial charge in [0.1, 0.15) is 5.92 Å². The molecule has 0 spiro atoms. The Morgan fingerprint density at radius 1 is 0.848 bits per heavy atom. The molecular weight excluding hydrogens is 414 g/mol. The van der Waals surface area contributed by atoms with Gasteiger partial charge in [0.15, 0.2) is 6.10 Å². The first-order chi connectivity index (χ1) is 15.9. The highest BCUT2D eigenvalue weighted by Crippen LogP contribution is 2.48. The fraction of sp³-hybridized carbons (Fsp3) is 0.259. The number of aryl methyl sites for hydroxylation is 2. The van der Waals surface area contributed by atoms with Gasteiger partial charge in [-0.2, -0.15) is 0 Å². The molecule has 2 aliphatic rings. The molecule has 0 radical (unpaired) electrons. The highest BCUT2D eigenvalue weighted by Gasteiger charge is 2.60. The molecule has 0 aromatic heterocycles. The monoisotopic (exact) mass is 441 g/mol. The molecule has 6 nitrogen and oxygen atoms in total. The minimum atomic E-state index is -0.864. The predicted octanol–water partition coefficient (Wildman–Crippen LogP) is 4.42. The van der Waals surface area contributed by atoms with E-state index in [0.717, 1.165) is 28.1 Å². The number of anilines is 3. The van der Waals surface area contributed by atoms with E-state index in [1.165, 1.54) is 4.90 Å². The zero-order valence-corrected chi connectivity index (χ0v) is 19.2. The average molecular weight is 442 g/mol. The maximum Gasteiger partial charge on any atom is 0.266 e. The lowest BCUT2D eigenvalue weighted by atomic mass is 9.90. The number of hydrogen-bond acceptors (Lipinski definition) is 5. The molecule has 2 aliphatic heterocycles. The Morgan fingerprint density at radius 3 is 2.18 bits per heavy atom. The number of carbonyl (C=O) groups excluding carboxylic acids is 2. The van der Waals surface area contributed by atoms with Crippen molar-refractivity contribution in [1.82, 2.24) is 0 Å². The molecule has 0 bridgehead atoms. The molecule has 2 heterocycles. The van der Waals surface area contributed by atoms with Gasteiger partial charge in [-0.05, 0) is 55.3 Å². The number of imide groups is 1. The number of hydroxylamine groups is 1. The Morgan fingerprint density at radius 2 is 1.55 bits per heavy atom. The van der Waals surface area contributed by atoms with E-state index in [-0.39, 0.29) is 11.8 Å². The highest BCUT2D eigenvalue weighted by atomic mass is 16.7. The van der Waals surface area contributed by atoms with Gasteiger partial charge in [0.2, 0.25) is 5.91 Å². The Bertz CT molecular complexity index is 1210. The van der Waals surface area contributed by atoms with Crippen LogP contribution in [0.15, 0.2) is 72.8 Å². The van der Waals surface area contributed by atoms with E-state index in [1.54, 1.807) is 5.06 Å². The maximum absolute atomic E-state index is 13.8. The second-order valence-electron chi connectivity index (χ2n) is 8.95. The van der Waals surface area contributed by atoms with Gasteiger partial charge in [0, 0.05) is 19.8 Å². The molecule has 0 aliphatic carbocycles. The minimum absolute atomic E-state index is 0.225. The second-order valence-corrected chi connectivity index (χ2v) is 8.95. The molecule has 33 heavy (non-hydrogen) atoms. The third-order valence-corrected chi connectivity index (χ3v) is 6.47. The van der Waals surface area contributed by atoms with E-state index in [0.29, 0.717) is 5.69 Å². The molecule has 168 valence electrons. The van der Waals surface area contributed by atoms with Crippen LogP contribution in [0.3, 0.4) is 0 Å². The van der Waals surface area contributed by atoms with Gasteiger partial charge in [0.05, 0.1) is 17.4 Å². The van der Waals surface area contributed by atoms with Crippen LogP contribution < -0.4 is 14.9 Å². The van der Waals surface area contributed by atoms with Gasteiger partial charge in [0.25, 0.3) is 5.91 Å². The Labute approximate surface area is 193 Å². The van der Waals surface area contributed by atoms with Crippen LogP contribution >= 0.6 is 0 Å². The summed E-state index contributed by atoms with van der Waals surface area (Å²) in [6, 6.07) is 23.0. The van der Waals surface area contributed by atoms with Gasteiger partial charge in [-0.25, -0.2) is 9.96 Å². The van der Waals surface area contributed by atoms with Crippen LogP contribution in [0.4, 0.5) is 17.1 Å². The Balaban J connectivity index is 1.58. The minimum Gasteiger partial charge on any atom is -0.378 e. The van der Waals surface area contributed by atoms with Crippen molar-refractivity contribution in [3.05, 3.63) is 89.5 Å². The molecule has 5 rings (SSSR count). The van der Waals surface area contributed by atoms with Crippen LogP contribution in [0.1, 0.15) is 22.7 Å². The summed E-state index contributed by atoms with van der Waals surface area (Å²) in [5.41, 5.74) is 5.41. The number of hydrogen-bond donors (Lipinski definition) is 0. The quantitative estimate of drug-likeness (QED) is 0.561. The number of fused-ring (bicyclic) bond motifs is 1. The molecular formula is C27H27N3O3. The van der Waals surface area contributed by atoms with Gasteiger partial charge in [-0.3, -0.25) is 14.4 Å². The molecule has 2 fully saturated rings. The number of carbonyl (C=O) groups is 2. The van der Waals surface area contributed by atoms with Crippen molar-refractivity contribution < 1.29 is 14.4 Å². The van der Waals surface area contributed by atoms with Gasteiger partial charge >= 0.3 is 0 Å². The topological polar surface area (TPSA) is 53.1 Å². The summed E-state index contributed by atoms with van der Waals surface area (Å²) in [5.74, 6) is -1.18. The number of amides is 2. The van der Waals surface area contributed by atoms with E-state index in [2.05, 4.69) is 0 Å².